The average Bonchev–Trinajstić information content (AvgIpc) is 2.45. The van der Waals surface area contributed by atoms with Gasteiger partial charge in [-0.2, -0.15) is 0 Å². The molecule has 21 heavy (non-hydrogen) atoms. The van der Waals surface area contributed by atoms with Crippen molar-refractivity contribution in [2.75, 3.05) is 20.7 Å². The Labute approximate surface area is 122 Å². The van der Waals surface area contributed by atoms with Gasteiger partial charge < -0.3 is 9.64 Å². The zero-order chi connectivity index (χ0) is 15.8. The summed E-state index contributed by atoms with van der Waals surface area (Å²) in [6.45, 7) is 0.386. The summed E-state index contributed by atoms with van der Waals surface area (Å²) in [6, 6.07) is 4.04. The molecule has 1 aromatic carbocycles. The van der Waals surface area contributed by atoms with E-state index < -0.39 is 4.92 Å². The van der Waals surface area contributed by atoms with Crippen molar-refractivity contribution < 1.29 is 19.2 Å². The van der Waals surface area contributed by atoms with Gasteiger partial charge in [-0.15, -0.1) is 0 Å². The van der Waals surface area contributed by atoms with E-state index in [0.717, 1.165) is 0 Å². The average molecular weight is 294 g/mol. The lowest BCUT2D eigenvalue weighted by molar-refractivity contribution is -0.385. The molecule has 0 saturated carbocycles. The van der Waals surface area contributed by atoms with E-state index in [1.54, 1.807) is 14.1 Å². The Morgan fingerprint density at radius 1 is 1.38 bits per heavy atom. The first kappa shape index (κ1) is 16.6. The molecule has 114 valence electrons. The first-order valence-electron chi connectivity index (χ1n) is 6.52. The van der Waals surface area contributed by atoms with Crippen LogP contribution in [-0.4, -0.2) is 42.7 Å². The van der Waals surface area contributed by atoms with Gasteiger partial charge in [0.15, 0.2) is 6.29 Å². The molecule has 0 radical (unpaired) electrons. The van der Waals surface area contributed by atoms with Crippen LogP contribution < -0.4 is 4.74 Å². The predicted molar refractivity (Wildman–Crippen MR) is 76.5 cm³/mol. The van der Waals surface area contributed by atoms with Crippen molar-refractivity contribution in [3.05, 3.63) is 33.9 Å². The molecule has 0 N–H and O–H groups in total. The van der Waals surface area contributed by atoms with Gasteiger partial charge in [-0.25, -0.2) is 0 Å². The van der Waals surface area contributed by atoms with E-state index in [9.17, 15) is 19.7 Å². The number of benzene rings is 1. The lowest BCUT2D eigenvalue weighted by Gasteiger charge is -2.10. The smallest absolute Gasteiger partial charge is 0.280 e. The normalized spacial score (nSPS) is 10.0. The molecule has 0 aliphatic heterocycles. The van der Waals surface area contributed by atoms with E-state index in [1.165, 1.54) is 23.1 Å². The fourth-order valence-corrected chi connectivity index (χ4v) is 1.67. The van der Waals surface area contributed by atoms with Crippen LogP contribution in [0.5, 0.6) is 5.75 Å². The van der Waals surface area contributed by atoms with E-state index in [2.05, 4.69) is 0 Å². The second-order valence-corrected chi connectivity index (χ2v) is 4.69. The van der Waals surface area contributed by atoms with Crippen LogP contribution in [0.2, 0.25) is 0 Å². The molecule has 0 heterocycles. The van der Waals surface area contributed by atoms with Gasteiger partial charge in [0.05, 0.1) is 17.1 Å². The maximum Gasteiger partial charge on any atom is 0.280 e. The van der Waals surface area contributed by atoms with Crippen LogP contribution in [0.1, 0.15) is 29.6 Å². The van der Waals surface area contributed by atoms with Crippen molar-refractivity contribution in [3.63, 3.8) is 0 Å². The summed E-state index contributed by atoms with van der Waals surface area (Å²) < 4.78 is 5.42. The van der Waals surface area contributed by atoms with Crippen LogP contribution in [0, 0.1) is 10.1 Å². The van der Waals surface area contributed by atoms with E-state index >= 15 is 0 Å². The number of hydrogen-bond donors (Lipinski definition) is 0. The summed E-state index contributed by atoms with van der Waals surface area (Å²) in [5, 5.41) is 10.7. The summed E-state index contributed by atoms with van der Waals surface area (Å²) in [4.78, 5) is 33.7. The molecule has 0 fully saturated rings. The molecule has 7 heteroatoms. The van der Waals surface area contributed by atoms with Crippen molar-refractivity contribution in [3.8, 4) is 5.75 Å². The fraction of sp³-hybridized carbons (Fsp3) is 0.429. The molecule has 0 spiro atoms. The number of ether oxygens (including phenoxy) is 1. The van der Waals surface area contributed by atoms with Gasteiger partial charge in [0.25, 0.3) is 5.69 Å². The molecule has 0 bridgehead atoms. The Kier molecular flexibility index (Phi) is 6.32. The predicted octanol–water partition coefficient (Wildman–Crippen LogP) is 2.04. The molecule has 7 nitrogen and oxygen atoms in total. The molecular weight excluding hydrogens is 276 g/mol. The van der Waals surface area contributed by atoms with Gasteiger partial charge in [0.2, 0.25) is 5.91 Å². The monoisotopic (exact) mass is 294 g/mol. The van der Waals surface area contributed by atoms with Crippen molar-refractivity contribution in [2.24, 2.45) is 0 Å². The number of nitrogens with zero attached hydrogens (tertiary/aromatic N) is 2. The zero-order valence-electron chi connectivity index (χ0n) is 12.1. The number of amides is 1. The minimum atomic E-state index is -0.611. The molecule has 0 atom stereocenters. The molecule has 1 amide bonds. The topological polar surface area (TPSA) is 89.8 Å². The Hall–Kier alpha value is -2.44. The minimum Gasteiger partial charge on any atom is -0.494 e. The third-order valence-electron chi connectivity index (χ3n) is 2.88. The van der Waals surface area contributed by atoms with Crippen molar-refractivity contribution in [1.29, 1.82) is 0 Å². The highest BCUT2D eigenvalue weighted by atomic mass is 16.6. The number of aldehydes is 1. The van der Waals surface area contributed by atoms with Crippen LogP contribution in [-0.2, 0) is 4.79 Å². The molecule has 0 aromatic heterocycles. The quantitative estimate of drug-likeness (QED) is 0.317. The summed E-state index contributed by atoms with van der Waals surface area (Å²) in [7, 11) is 3.41. The number of hydrogen-bond acceptors (Lipinski definition) is 5. The van der Waals surface area contributed by atoms with E-state index in [-0.39, 0.29) is 17.2 Å². The first-order chi connectivity index (χ1) is 9.95. The SMILES string of the molecule is CN(C)C(=O)CCCCOc1ccc([N+](=O)[O-])c(C=O)c1. The van der Waals surface area contributed by atoms with E-state index in [1.807, 2.05) is 0 Å². The summed E-state index contributed by atoms with van der Waals surface area (Å²) in [5.41, 5.74) is -0.255. The highest BCUT2D eigenvalue weighted by Crippen LogP contribution is 2.22. The second-order valence-electron chi connectivity index (χ2n) is 4.69. The van der Waals surface area contributed by atoms with Crippen LogP contribution in [0.25, 0.3) is 0 Å². The standard InChI is InChI=1S/C14H18N2O5/c1-15(2)14(18)5-3-4-8-21-12-6-7-13(16(19)20)11(9-12)10-17/h6-7,9-10H,3-5,8H2,1-2H3. The molecule has 0 aliphatic carbocycles. The van der Waals surface area contributed by atoms with Crippen molar-refractivity contribution in [2.45, 2.75) is 19.3 Å². The maximum atomic E-state index is 11.3. The highest BCUT2D eigenvalue weighted by Gasteiger charge is 2.13. The summed E-state index contributed by atoms with van der Waals surface area (Å²) >= 11 is 0. The van der Waals surface area contributed by atoms with Crippen LogP contribution in [0.15, 0.2) is 18.2 Å². The maximum absolute atomic E-state index is 11.3. The molecule has 0 unspecified atom stereocenters. The minimum absolute atomic E-state index is 0.0136. The molecule has 1 rings (SSSR count). The Morgan fingerprint density at radius 2 is 2.10 bits per heavy atom. The Morgan fingerprint density at radius 3 is 2.67 bits per heavy atom. The summed E-state index contributed by atoms with van der Waals surface area (Å²) in [5.74, 6) is 0.468. The van der Waals surface area contributed by atoms with Crippen molar-refractivity contribution >= 4 is 17.9 Å². The number of nitro benzene ring substituents is 1. The molecular formula is C14H18N2O5. The highest BCUT2D eigenvalue weighted by molar-refractivity contribution is 5.82. The van der Waals surface area contributed by atoms with Crippen molar-refractivity contribution in [1.82, 2.24) is 4.90 Å². The van der Waals surface area contributed by atoms with Crippen LogP contribution >= 0.6 is 0 Å². The van der Waals surface area contributed by atoms with Gasteiger partial charge >= 0.3 is 0 Å². The number of carbonyl (C=O) groups excluding carboxylic acids is 2. The summed E-state index contributed by atoms with van der Waals surface area (Å²) in [6.07, 6.45) is 2.27. The second kappa shape index (κ2) is 7.98. The third-order valence-corrected chi connectivity index (χ3v) is 2.88. The number of rotatable bonds is 8. The molecule has 1 aromatic rings. The van der Waals surface area contributed by atoms with Gasteiger partial charge in [-0.1, -0.05) is 0 Å². The largest absolute Gasteiger partial charge is 0.494 e. The van der Waals surface area contributed by atoms with Crippen LogP contribution in [0.4, 0.5) is 5.69 Å². The third kappa shape index (κ3) is 5.21. The zero-order valence-corrected chi connectivity index (χ0v) is 12.1. The van der Waals surface area contributed by atoms with Gasteiger partial charge in [-0.05, 0) is 25.0 Å². The first-order valence-corrected chi connectivity index (χ1v) is 6.52. The lowest BCUT2D eigenvalue weighted by Crippen LogP contribution is -2.21. The lowest BCUT2D eigenvalue weighted by atomic mass is 10.2. The Bertz CT molecular complexity index is 528. The van der Waals surface area contributed by atoms with E-state index in [4.69, 9.17) is 4.74 Å². The van der Waals surface area contributed by atoms with Gasteiger partial charge in [0.1, 0.15) is 5.75 Å². The number of unbranched alkanes of at least 4 members (excludes halogenated alkanes) is 1. The van der Waals surface area contributed by atoms with Gasteiger partial charge in [-0.3, -0.25) is 19.7 Å². The van der Waals surface area contributed by atoms with E-state index in [0.29, 0.717) is 37.9 Å². The number of nitro groups is 1. The number of carbonyl (C=O) groups is 2. The van der Waals surface area contributed by atoms with Gasteiger partial charge in [0, 0.05) is 26.6 Å². The molecule has 0 aliphatic rings. The Balaban J connectivity index is 2.44. The fourth-order valence-electron chi connectivity index (χ4n) is 1.67. The van der Waals surface area contributed by atoms with Crippen LogP contribution in [0.3, 0.4) is 0 Å². The molecule has 0 saturated heterocycles.